The van der Waals surface area contributed by atoms with E-state index in [0.29, 0.717) is 0 Å². The first-order valence-corrected chi connectivity index (χ1v) is 4.67. The Kier molecular flexibility index (Phi) is 1.81. The maximum Gasteiger partial charge on any atom is 0.326 e. The number of nitrogens with zero attached hydrogens (tertiary/aromatic N) is 1. The van der Waals surface area contributed by atoms with Crippen molar-refractivity contribution in [2.75, 3.05) is 6.54 Å². The van der Waals surface area contributed by atoms with E-state index in [1.807, 2.05) is 4.90 Å². The van der Waals surface area contributed by atoms with E-state index in [0.717, 1.165) is 25.8 Å². The summed E-state index contributed by atoms with van der Waals surface area (Å²) < 4.78 is 5.05. The smallest absolute Gasteiger partial charge is 0.326 e. The number of carbonyl (C=O) groups excluding carboxylic acids is 1. The molecule has 2 rings (SSSR count). The van der Waals surface area contributed by atoms with E-state index >= 15 is 0 Å². The van der Waals surface area contributed by atoms with Crippen LogP contribution in [0.15, 0.2) is 0 Å². The summed E-state index contributed by atoms with van der Waals surface area (Å²) >= 11 is 6.02. The Labute approximate surface area is 76.6 Å². The van der Waals surface area contributed by atoms with Crippen LogP contribution >= 0.6 is 11.6 Å². The number of alkyl halides is 1. The van der Waals surface area contributed by atoms with Crippen molar-refractivity contribution in [3.05, 3.63) is 0 Å². The lowest BCUT2D eigenvalue weighted by Crippen LogP contribution is -2.45. The van der Waals surface area contributed by atoms with Gasteiger partial charge in [-0.1, -0.05) is 18.0 Å². The number of hydrogen-bond acceptors (Lipinski definition) is 3. The molecule has 12 heavy (non-hydrogen) atoms. The molecule has 2 atom stereocenters. The molecule has 2 fully saturated rings. The number of carbonyl (C=O) groups is 1. The molecular formula is C8H12ClNO2. The van der Waals surface area contributed by atoms with Gasteiger partial charge in [0.25, 0.3) is 0 Å². The maximum absolute atomic E-state index is 11.3. The fourth-order valence-corrected chi connectivity index (χ4v) is 2.24. The van der Waals surface area contributed by atoms with Crippen molar-refractivity contribution < 1.29 is 9.53 Å². The third-order valence-corrected chi connectivity index (χ3v) is 2.87. The van der Waals surface area contributed by atoms with Crippen LogP contribution in [0, 0.1) is 0 Å². The molecule has 2 heterocycles. The van der Waals surface area contributed by atoms with Crippen molar-refractivity contribution in [3.63, 3.8) is 0 Å². The minimum atomic E-state index is -0.887. The van der Waals surface area contributed by atoms with E-state index in [2.05, 4.69) is 0 Å². The minimum Gasteiger partial charge on any atom is -0.428 e. The van der Waals surface area contributed by atoms with Crippen LogP contribution in [-0.2, 0) is 9.53 Å². The quantitative estimate of drug-likeness (QED) is 0.327. The standard InChI is InChI=1S/C8H12ClNO2/c1-8(9)10-5-3-2-4-6(10)7(11)12-8/h6H,2-5H2,1H3/t6-,8+/m0/s1. The van der Waals surface area contributed by atoms with Gasteiger partial charge in [-0.05, 0) is 12.8 Å². The fourth-order valence-electron chi connectivity index (χ4n) is 1.96. The van der Waals surface area contributed by atoms with Gasteiger partial charge in [0.1, 0.15) is 6.04 Å². The molecule has 0 saturated carbocycles. The number of esters is 1. The highest BCUT2D eigenvalue weighted by molar-refractivity contribution is 6.23. The summed E-state index contributed by atoms with van der Waals surface area (Å²) in [5.41, 5.74) is 0. The summed E-state index contributed by atoms with van der Waals surface area (Å²) in [6.07, 6.45) is 3.10. The van der Waals surface area contributed by atoms with Crippen LogP contribution in [0.25, 0.3) is 0 Å². The number of halogens is 1. The zero-order valence-corrected chi connectivity index (χ0v) is 7.80. The number of cyclic esters (lactones) is 1. The van der Waals surface area contributed by atoms with Gasteiger partial charge in [0.2, 0.25) is 5.18 Å². The first kappa shape index (κ1) is 8.32. The number of ether oxygens (including phenoxy) is 1. The highest BCUT2D eigenvalue weighted by Gasteiger charge is 2.49. The third kappa shape index (κ3) is 1.12. The van der Waals surface area contributed by atoms with E-state index < -0.39 is 5.18 Å². The van der Waals surface area contributed by atoms with Gasteiger partial charge in [-0.25, -0.2) is 4.90 Å². The monoisotopic (exact) mass is 189 g/mol. The first-order chi connectivity index (χ1) is 5.61. The third-order valence-electron chi connectivity index (χ3n) is 2.57. The molecule has 2 aliphatic rings. The van der Waals surface area contributed by atoms with Crippen LogP contribution in [0.5, 0.6) is 0 Å². The van der Waals surface area contributed by atoms with Gasteiger partial charge in [0.15, 0.2) is 0 Å². The van der Waals surface area contributed by atoms with Crippen LogP contribution in [0.1, 0.15) is 26.2 Å². The Hall–Kier alpha value is -0.280. The lowest BCUT2D eigenvalue weighted by atomic mass is 10.0. The molecule has 2 aliphatic heterocycles. The number of hydrogen-bond donors (Lipinski definition) is 0. The molecule has 0 aromatic rings. The van der Waals surface area contributed by atoms with Gasteiger partial charge in [0.05, 0.1) is 0 Å². The van der Waals surface area contributed by atoms with Crippen molar-refractivity contribution in [3.8, 4) is 0 Å². The number of fused-ring (bicyclic) bond motifs is 1. The number of rotatable bonds is 0. The van der Waals surface area contributed by atoms with Crippen LogP contribution in [0.3, 0.4) is 0 Å². The van der Waals surface area contributed by atoms with Gasteiger partial charge < -0.3 is 4.74 Å². The Morgan fingerprint density at radius 2 is 2.42 bits per heavy atom. The highest BCUT2D eigenvalue weighted by Crippen LogP contribution is 2.36. The van der Waals surface area contributed by atoms with E-state index in [1.165, 1.54) is 0 Å². The molecule has 0 bridgehead atoms. The summed E-state index contributed by atoms with van der Waals surface area (Å²) in [5, 5.41) is -0.887. The topological polar surface area (TPSA) is 29.5 Å². The molecule has 4 heteroatoms. The normalized spacial score (nSPS) is 42.5. The van der Waals surface area contributed by atoms with Crippen molar-refractivity contribution in [1.29, 1.82) is 0 Å². The van der Waals surface area contributed by atoms with Crippen LogP contribution in [0.2, 0.25) is 0 Å². The molecule has 0 N–H and O–H groups in total. The second-order valence-electron chi connectivity index (χ2n) is 3.50. The largest absolute Gasteiger partial charge is 0.428 e. The van der Waals surface area contributed by atoms with E-state index in [1.54, 1.807) is 6.92 Å². The Morgan fingerprint density at radius 3 is 3.08 bits per heavy atom. The van der Waals surface area contributed by atoms with Gasteiger partial charge in [-0.3, -0.25) is 4.79 Å². The summed E-state index contributed by atoms with van der Waals surface area (Å²) in [4.78, 5) is 13.2. The number of piperidine rings is 1. The first-order valence-electron chi connectivity index (χ1n) is 4.30. The van der Waals surface area contributed by atoms with Crippen LogP contribution in [0.4, 0.5) is 0 Å². The molecule has 0 radical (unpaired) electrons. The van der Waals surface area contributed by atoms with E-state index in [-0.39, 0.29) is 12.0 Å². The molecular weight excluding hydrogens is 178 g/mol. The second-order valence-corrected chi connectivity index (χ2v) is 4.20. The van der Waals surface area contributed by atoms with Crippen molar-refractivity contribution in [2.24, 2.45) is 0 Å². The molecule has 3 nitrogen and oxygen atoms in total. The molecule has 0 spiro atoms. The molecule has 0 aliphatic carbocycles. The van der Waals surface area contributed by atoms with E-state index in [4.69, 9.17) is 16.3 Å². The lowest BCUT2D eigenvalue weighted by molar-refractivity contribution is -0.144. The van der Waals surface area contributed by atoms with Crippen LogP contribution in [-0.4, -0.2) is 28.6 Å². The molecule has 68 valence electrons. The highest BCUT2D eigenvalue weighted by atomic mass is 35.5. The minimum absolute atomic E-state index is 0.0822. The Balaban J connectivity index is 2.22. The molecule has 0 aromatic heterocycles. The van der Waals surface area contributed by atoms with Crippen molar-refractivity contribution in [2.45, 2.75) is 37.4 Å². The molecule has 2 saturated heterocycles. The van der Waals surface area contributed by atoms with Crippen molar-refractivity contribution >= 4 is 17.6 Å². The summed E-state index contributed by atoms with van der Waals surface area (Å²) in [6.45, 7) is 2.61. The molecule has 0 amide bonds. The average molecular weight is 190 g/mol. The Bertz CT molecular complexity index is 217. The second kappa shape index (κ2) is 2.60. The zero-order valence-electron chi connectivity index (χ0n) is 7.05. The fraction of sp³-hybridized carbons (Fsp3) is 0.875. The zero-order chi connectivity index (χ0) is 8.77. The van der Waals surface area contributed by atoms with Gasteiger partial charge in [-0.2, -0.15) is 0 Å². The van der Waals surface area contributed by atoms with Crippen molar-refractivity contribution in [1.82, 2.24) is 4.90 Å². The summed E-state index contributed by atoms with van der Waals surface area (Å²) in [5.74, 6) is -0.160. The predicted octanol–water partition coefficient (Wildman–Crippen LogP) is 1.31. The predicted molar refractivity (Wildman–Crippen MR) is 44.7 cm³/mol. The van der Waals surface area contributed by atoms with Gasteiger partial charge in [0, 0.05) is 13.5 Å². The van der Waals surface area contributed by atoms with E-state index in [9.17, 15) is 4.79 Å². The van der Waals surface area contributed by atoms with Gasteiger partial charge >= 0.3 is 5.97 Å². The van der Waals surface area contributed by atoms with Gasteiger partial charge in [-0.15, -0.1) is 0 Å². The SMILES string of the molecule is C[C@]1(Cl)OC(=O)[C@@H]2CCCCN21. The van der Waals surface area contributed by atoms with Crippen LogP contribution < -0.4 is 0 Å². The average Bonchev–Trinajstić information content (AvgIpc) is 2.25. The maximum atomic E-state index is 11.3. The molecule has 0 aromatic carbocycles. The lowest BCUT2D eigenvalue weighted by Gasteiger charge is -2.32. The summed E-state index contributed by atoms with van der Waals surface area (Å²) in [7, 11) is 0. The summed E-state index contributed by atoms with van der Waals surface area (Å²) in [6, 6.07) is -0.0822. The molecule has 0 unspecified atom stereocenters. The Morgan fingerprint density at radius 1 is 1.67 bits per heavy atom.